The fourth-order valence-electron chi connectivity index (χ4n) is 2.07. The van der Waals surface area contributed by atoms with Crippen molar-refractivity contribution in [2.45, 2.75) is 6.42 Å². The number of nitrogens with one attached hydrogen (secondary N) is 1. The molecule has 0 radical (unpaired) electrons. The summed E-state index contributed by atoms with van der Waals surface area (Å²) in [6.45, 7) is 1.82. The van der Waals surface area contributed by atoms with E-state index in [1.807, 2.05) is 19.0 Å². The lowest BCUT2D eigenvalue weighted by Crippen LogP contribution is -2.31. The molecule has 0 saturated carbocycles. The number of hydrogen-bond donors (Lipinski definition) is 1. The molecule has 0 spiro atoms. The summed E-state index contributed by atoms with van der Waals surface area (Å²) in [6, 6.07) is 1.68. The Morgan fingerprint density at radius 2 is 2.20 bits per heavy atom. The predicted molar refractivity (Wildman–Crippen MR) is 81.1 cm³/mol. The Balaban J connectivity index is 2.08. The largest absolute Gasteiger partial charge is 0.350 e. The van der Waals surface area contributed by atoms with Crippen molar-refractivity contribution in [3.8, 4) is 0 Å². The van der Waals surface area contributed by atoms with Crippen LogP contribution in [0.15, 0.2) is 6.07 Å². The summed E-state index contributed by atoms with van der Waals surface area (Å²) in [5, 5.41) is 2.83. The zero-order valence-corrected chi connectivity index (χ0v) is 13.5. The van der Waals surface area contributed by atoms with Crippen molar-refractivity contribution in [2.75, 3.05) is 44.3 Å². The molecule has 0 fully saturated rings. The Morgan fingerprint density at radius 3 is 2.80 bits per heavy atom. The molecule has 0 bridgehead atoms. The number of rotatable bonds is 5. The quantitative estimate of drug-likeness (QED) is 0.851. The van der Waals surface area contributed by atoms with Gasteiger partial charge in [0.2, 0.25) is 10.0 Å². The first-order valence-corrected chi connectivity index (χ1v) is 8.99. The number of amides is 1. The molecular formula is C12H19N3O3S2. The van der Waals surface area contributed by atoms with Gasteiger partial charge in [-0.25, -0.2) is 8.42 Å². The van der Waals surface area contributed by atoms with Crippen LogP contribution in [-0.4, -0.2) is 59.2 Å². The highest BCUT2D eigenvalue weighted by Gasteiger charge is 2.29. The molecule has 0 unspecified atom stereocenters. The average Bonchev–Trinajstić information content (AvgIpc) is 2.84. The summed E-state index contributed by atoms with van der Waals surface area (Å²) in [6.07, 6.45) is 1.87. The fourth-order valence-corrected chi connectivity index (χ4v) is 4.14. The van der Waals surface area contributed by atoms with E-state index in [0.717, 1.165) is 11.4 Å². The van der Waals surface area contributed by atoms with Crippen LogP contribution in [0.5, 0.6) is 0 Å². The third-order valence-corrected chi connectivity index (χ3v) is 5.43. The van der Waals surface area contributed by atoms with E-state index < -0.39 is 10.0 Å². The van der Waals surface area contributed by atoms with Gasteiger partial charge in [-0.05, 0) is 20.2 Å². The topological polar surface area (TPSA) is 69.7 Å². The molecule has 0 atom stereocenters. The second-order valence-electron chi connectivity index (χ2n) is 5.06. The number of carbonyl (C=O) groups excluding carboxylic acids is 1. The molecule has 112 valence electrons. The Labute approximate surface area is 123 Å². The number of sulfonamides is 1. The van der Waals surface area contributed by atoms with Gasteiger partial charge >= 0.3 is 0 Å². The van der Waals surface area contributed by atoms with Gasteiger partial charge in [-0.1, -0.05) is 0 Å². The molecule has 1 N–H and O–H groups in total. The highest BCUT2D eigenvalue weighted by molar-refractivity contribution is 7.92. The zero-order valence-electron chi connectivity index (χ0n) is 11.8. The lowest BCUT2D eigenvalue weighted by atomic mass is 10.3. The van der Waals surface area contributed by atoms with Crippen molar-refractivity contribution in [3.63, 3.8) is 0 Å². The van der Waals surface area contributed by atoms with Gasteiger partial charge < -0.3 is 10.2 Å². The van der Waals surface area contributed by atoms with Gasteiger partial charge in [-0.15, -0.1) is 11.3 Å². The van der Waals surface area contributed by atoms with Crippen LogP contribution < -0.4 is 9.62 Å². The predicted octanol–water partition coefficient (Wildman–Crippen LogP) is 0.362. The van der Waals surface area contributed by atoms with E-state index in [9.17, 15) is 13.2 Å². The number of thiophene rings is 1. The van der Waals surface area contributed by atoms with Crippen LogP contribution in [0.4, 0.5) is 5.69 Å². The molecule has 8 heteroatoms. The van der Waals surface area contributed by atoms with Crippen LogP contribution in [0, 0.1) is 0 Å². The molecule has 1 aliphatic rings. The van der Waals surface area contributed by atoms with E-state index in [1.165, 1.54) is 21.9 Å². The molecule has 0 saturated heterocycles. The first-order valence-electron chi connectivity index (χ1n) is 6.32. The van der Waals surface area contributed by atoms with Crippen LogP contribution >= 0.6 is 11.3 Å². The van der Waals surface area contributed by atoms with E-state index in [-0.39, 0.29) is 5.91 Å². The number of anilines is 1. The molecule has 6 nitrogen and oxygen atoms in total. The van der Waals surface area contributed by atoms with Gasteiger partial charge in [0, 0.05) is 30.9 Å². The molecular weight excluding hydrogens is 298 g/mol. The van der Waals surface area contributed by atoms with Crippen LogP contribution in [-0.2, 0) is 16.4 Å². The van der Waals surface area contributed by atoms with E-state index in [0.29, 0.717) is 30.1 Å². The second kappa shape index (κ2) is 5.71. The highest BCUT2D eigenvalue weighted by Crippen LogP contribution is 2.37. The van der Waals surface area contributed by atoms with Crippen molar-refractivity contribution < 1.29 is 13.2 Å². The number of carbonyl (C=O) groups is 1. The summed E-state index contributed by atoms with van der Waals surface area (Å²) >= 11 is 1.38. The van der Waals surface area contributed by atoms with E-state index in [2.05, 4.69) is 5.32 Å². The Bertz CT molecular complexity index is 607. The standard InChI is InChI=1S/C12H19N3O3S2/c1-14(2)7-5-13-12(16)11-8-9-10(19-11)4-6-15(9)20(3,17)18/h8H,4-7H2,1-3H3,(H,13,16). The van der Waals surface area contributed by atoms with Gasteiger partial charge in [0.25, 0.3) is 5.91 Å². The summed E-state index contributed by atoms with van der Waals surface area (Å²) in [7, 11) is 0.626. The smallest absolute Gasteiger partial charge is 0.261 e. The van der Waals surface area contributed by atoms with Crippen LogP contribution in [0.2, 0.25) is 0 Å². The van der Waals surface area contributed by atoms with Crippen LogP contribution in [0.25, 0.3) is 0 Å². The minimum atomic E-state index is -3.25. The minimum Gasteiger partial charge on any atom is -0.350 e. The van der Waals surface area contributed by atoms with Gasteiger partial charge in [0.05, 0.1) is 16.8 Å². The van der Waals surface area contributed by atoms with E-state index in [1.54, 1.807) is 6.07 Å². The maximum absolute atomic E-state index is 12.0. The zero-order chi connectivity index (χ0) is 14.9. The maximum Gasteiger partial charge on any atom is 0.261 e. The Hall–Kier alpha value is -1.12. The number of likely N-dealkylation sites (N-methyl/N-ethyl adjacent to an activating group) is 1. The normalized spacial score (nSPS) is 14.7. The maximum atomic E-state index is 12.0. The van der Waals surface area contributed by atoms with Crippen molar-refractivity contribution in [1.29, 1.82) is 0 Å². The molecule has 2 heterocycles. The lowest BCUT2D eigenvalue weighted by molar-refractivity contribution is 0.0955. The molecule has 20 heavy (non-hydrogen) atoms. The molecule has 1 aliphatic heterocycles. The fraction of sp³-hybridized carbons (Fsp3) is 0.583. The third kappa shape index (κ3) is 3.31. The summed E-state index contributed by atoms with van der Waals surface area (Å²) in [4.78, 5) is 15.5. The molecule has 1 aromatic heterocycles. The molecule has 2 rings (SSSR count). The second-order valence-corrected chi connectivity index (χ2v) is 8.11. The third-order valence-electron chi connectivity index (χ3n) is 3.07. The van der Waals surface area contributed by atoms with Gasteiger partial charge in [-0.3, -0.25) is 9.10 Å². The first kappa shape index (κ1) is 15.3. The molecule has 1 aromatic rings. The summed E-state index contributed by atoms with van der Waals surface area (Å²) < 4.78 is 24.7. The lowest BCUT2D eigenvalue weighted by Gasteiger charge is -2.14. The molecule has 0 aliphatic carbocycles. The Morgan fingerprint density at radius 1 is 1.50 bits per heavy atom. The van der Waals surface area contributed by atoms with Crippen molar-refractivity contribution in [3.05, 3.63) is 15.8 Å². The Kier molecular flexibility index (Phi) is 4.36. The van der Waals surface area contributed by atoms with E-state index >= 15 is 0 Å². The van der Waals surface area contributed by atoms with Gasteiger partial charge in [0.1, 0.15) is 0 Å². The van der Waals surface area contributed by atoms with Crippen molar-refractivity contribution in [2.24, 2.45) is 0 Å². The SMILES string of the molecule is CN(C)CCNC(=O)c1cc2c(s1)CCN2S(C)(=O)=O. The van der Waals surface area contributed by atoms with Gasteiger partial charge in [-0.2, -0.15) is 0 Å². The highest BCUT2D eigenvalue weighted by atomic mass is 32.2. The molecule has 1 amide bonds. The summed E-state index contributed by atoms with van der Waals surface area (Å²) in [5.74, 6) is -0.139. The van der Waals surface area contributed by atoms with Crippen LogP contribution in [0.1, 0.15) is 14.5 Å². The number of fused-ring (bicyclic) bond motifs is 1. The van der Waals surface area contributed by atoms with Crippen molar-refractivity contribution >= 4 is 33.0 Å². The monoisotopic (exact) mass is 317 g/mol. The van der Waals surface area contributed by atoms with Crippen molar-refractivity contribution in [1.82, 2.24) is 10.2 Å². The number of hydrogen-bond acceptors (Lipinski definition) is 5. The average molecular weight is 317 g/mol. The first-order chi connectivity index (χ1) is 9.29. The van der Waals surface area contributed by atoms with Crippen LogP contribution in [0.3, 0.4) is 0 Å². The summed E-state index contributed by atoms with van der Waals surface area (Å²) in [5.41, 5.74) is 0.662. The number of nitrogens with zero attached hydrogens (tertiary/aromatic N) is 2. The minimum absolute atomic E-state index is 0.139. The molecule has 0 aromatic carbocycles. The van der Waals surface area contributed by atoms with Gasteiger partial charge in [0.15, 0.2) is 0 Å². The van der Waals surface area contributed by atoms with E-state index in [4.69, 9.17) is 0 Å².